The van der Waals surface area contributed by atoms with Crippen molar-refractivity contribution in [3.8, 4) is 0 Å². The molecule has 1 aliphatic carbocycles. The number of rotatable bonds is 3. The van der Waals surface area contributed by atoms with Crippen LogP contribution in [0.4, 0.5) is 0 Å². The first-order valence-corrected chi connectivity index (χ1v) is 9.40. The molecule has 2 aliphatic rings. The van der Waals surface area contributed by atoms with E-state index in [0.717, 1.165) is 6.32 Å². The average molecular weight is 326 g/mol. The molecule has 1 saturated heterocycles. The molecule has 1 saturated carbocycles. The van der Waals surface area contributed by atoms with E-state index in [1.54, 1.807) is 5.57 Å². The fourth-order valence-electron chi connectivity index (χ4n) is 3.74. The van der Waals surface area contributed by atoms with Gasteiger partial charge in [0.25, 0.3) is 0 Å². The molecule has 0 aromatic heterocycles. The van der Waals surface area contributed by atoms with Gasteiger partial charge in [-0.2, -0.15) is 0 Å². The van der Waals surface area contributed by atoms with Crippen molar-refractivity contribution >= 4 is 13.2 Å². The Morgan fingerprint density at radius 2 is 1.67 bits per heavy atom. The molecule has 0 radical (unpaired) electrons. The maximum Gasteiger partial charge on any atom is 0.458 e. The van der Waals surface area contributed by atoms with Crippen LogP contribution in [0.3, 0.4) is 0 Å². The van der Waals surface area contributed by atoms with Crippen molar-refractivity contribution in [2.45, 2.75) is 77.8 Å². The van der Waals surface area contributed by atoms with Gasteiger partial charge in [0.15, 0.2) is 0 Å². The van der Waals surface area contributed by atoms with E-state index in [-0.39, 0.29) is 18.3 Å². The summed E-state index contributed by atoms with van der Waals surface area (Å²) in [5.74, 6) is 0.578. The molecule has 1 unspecified atom stereocenters. The predicted molar refractivity (Wildman–Crippen MR) is 102 cm³/mol. The summed E-state index contributed by atoms with van der Waals surface area (Å²) in [6.07, 6.45) is 8.45. The smallest absolute Gasteiger partial charge is 0.403 e. The van der Waals surface area contributed by atoms with E-state index in [1.165, 1.54) is 36.8 Å². The van der Waals surface area contributed by atoms with Crippen LogP contribution in [0.5, 0.6) is 0 Å². The van der Waals surface area contributed by atoms with Crippen LogP contribution in [-0.2, 0) is 9.31 Å². The fraction of sp³-hybridized carbons (Fsp3) is 0.619. The highest BCUT2D eigenvalue weighted by Gasteiger charge is 2.51. The zero-order valence-electron chi connectivity index (χ0n) is 15.9. The van der Waals surface area contributed by atoms with E-state index in [9.17, 15) is 0 Å². The zero-order chi connectivity index (χ0) is 17.4. The molecule has 1 aromatic carbocycles. The van der Waals surface area contributed by atoms with E-state index >= 15 is 0 Å². The minimum Gasteiger partial charge on any atom is -0.403 e. The Balaban J connectivity index is 1.73. The molecular formula is C21H31BO2. The molecule has 2 nitrogen and oxygen atoms in total. The second-order valence-electron chi connectivity index (χ2n) is 8.49. The third kappa shape index (κ3) is 3.78. The van der Waals surface area contributed by atoms with Crippen LogP contribution in [0.2, 0.25) is 6.32 Å². The number of hydrogen-bond donors (Lipinski definition) is 0. The van der Waals surface area contributed by atoms with Crippen LogP contribution in [-0.4, -0.2) is 18.3 Å². The van der Waals surface area contributed by atoms with Crippen molar-refractivity contribution in [1.82, 2.24) is 0 Å². The molecule has 3 rings (SSSR count). The highest BCUT2D eigenvalue weighted by molar-refractivity contribution is 6.45. The van der Waals surface area contributed by atoms with Gasteiger partial charge >= 0.3 is 7.12 Å². The molecular weight excluding hydrogens is 295 g/mol. The topological polar surface area (TPSA) is 18.5 Å². The molecule has 24 heavy (non-hydrogen) atoms. The standard InChI is InChI=1S/C21H31BO2/c1-16-10-12-17(13-11-16)14-18-8-6-7-9-19(18)15-22-23-20(2,3)21(4,5)24-22/h10-14,19H,6-9,15H2,1-5H3/b18-14+. The lowest BCUT2D eigenvalue weighted by atomic mass is 9.69. The lowest BCUT2D eigenvalue weighted by Gasteiger charge is -2.32. The zero-order valence-corrected chi connectivity index (χ0v) is 15.9. The van der Waals surface area contributed by atoms with Crippen LogP contribution in [0.15, 0.2) is 29.8 Å². The third-order valence-corrected chi connectivity index (χ3v) is 6.00. The fourth-order valence-corrected chi connectivity index (χ4v) is 3.74. The Morgan fingerprint density at radius 3 is 2.29 bits per heavy atom. The SMILES string of the molecule is Cc1ccc(/C=C2\CCCCC2CB2OC(C)(C)C(C)(C)O2)cc1. The summed E-state index contributed by atoms with van der Waals surface area (Å²) in [5, 5.41) is 0. The van der Waals surface area contributed by atoms with Crippen LogP contribution in [0.1, 0.15) is 64.5 Å². The molecule has 0 bridgehead atoms. The van der Waals surface area contributed by atoms with Gasteiger partial charge in [-0.3, -0.25) is 0 Å². The maximum atomic E-state index is 6.23. The van der Waals surface area contributed by atoms with Crippen LogP contribution >= 0.6 is 0 Å². The Kier molecular flexibility index (Phi) is 4.95. The van der Waals surface area contributed by atoms with Crippen molar-refractivity contribution < 1.29 is 9.31 Å². The van der Waals surface area contributed by atoms with Gasteiger partial charge in [0, 0.05) is 0 Å². The van der Waals surface area contributed by atoms with E-state index < -0.39 is 0 Å². The van der Waals surface area contributed by atoms with Crippen LogP contribution in [0.25, 0.3) is 6.08 Å². The first kappa shape index (κ1) is 17.8. The number of aryl methyl sites for hydroxylation is 1. The van der Waals surface area contributed by atoms with Gasteiger partial charge in [-0.1, -0.05) is 47.9 Å². The van der Waals surface area contributed by atoms with Gasteiger partial charge in [0.1, 0.15) is 0 Å². The van der Waals surface area contributed by atoms with E-state index in [1.807, 2.05) is 0 Å². The van der Waals surface area contributed by atoms with Crippen molar-refractivity contribution in [3.63, 3.8) is 0 Å². The van der Waals surface area contributed by atoms with Crippen LogP contribution < -0.4 is 0 Å². The summed E-state index contributed by atoms with van der Waals surface area (Å²) in [6, 6.07) is 8.84. The Labute approximate surface area is 147 Å². The number of hydrogen-bond acceptors (Lipinski definition) is 2. The summed E-state index contributed by atoms with van der Waals surface area (Å²) in [6.45, 7) is 10.7. The monoisotopic (exact) mass is 326 g/mol. The molecule has 3 heteroatoms. The van der Waals surface area contributed by atoms with E-state index in [2.05, 4.69) is 65.0 Å². The normalized spacial score (nSPS) is 27.6. The second-order valence-corrected chi connectivity index (χ2v) is 8.49. The number of allylic oxidation sites excluding steroid dienone is 1. The predicted octanol–water partition coefficient (Wildman–Crippen LogP) is 5.66. The molecule has 1 heterocycles. The Bertz CT molecular complexity index is 585. The molecule has 130 valence electrons. The van der Waals surface area contributed by atoms with Gasteiger partial charge in [-0.15, -0.1) is 0 Å². The minimum absolute atomic E-state index is 0.0838. The van der Waals surface area contributed by atoms with E-state index in [0.29, 0.717) is 5.92 Å². The highest BCUT2D eigenvalue weighted by Crippen LogP contribution is 2.41. The molecule has 1 atom stereocenters. The van der Waals surface area contributed by atoms with Gasteiger partial charge in [-0.25, -0.2) is 0 Å². The summed E-state index contributed by atoms with van der Waals surface area (Å²) in [4.78, 5) is 0. The quantitative estimate of drug-likeness (QED) is 0.667. The molecule has 0 amide bonds. The van der Waals surface area contributed by atoms with Gasteiger partial charge in [-0.05, 0) is 71.7 Å². The molecule has 0 spiro atoms. The molecule has 1 aliphatic heterocycles. The first-order chi connectivity index (χ1) is 11.3. The van der Waals surface area contributed by atoms with E-state index in [4.69, 9.17) is 9.31 Å². The van der Waals surface area contributed by atoms with Gasteiger partial charge < -0.3 is 9.31 Å². The largest absolute Gasteiger partial charge is 0.458 e. The molecule has 2 fully saturated rings. The Hall–Kier alpha value is -1.06. The Morgan fingerprint density at radius 1 is 1.04 bits per heavy atom. The molecule has 0 N–H and O–H groups in total. The summed E-state index contributed by atoms with van der Waals surface area (Å²) in [5.41, 5.74) is 3.74. The van der Waals surface area contributed by atoms with Gasteiger partial charge in [0.05, 0.1) is 11.2 Å². The van der Waals surface area contributed by atoms with Crippen molar-refractivity contribution in [1.29, 1.82) is 0 Å². The maximum absolute atomic E-state index is 6.23. The second kappa shape index (κ2) is 6.69. The van der Waals surface area contributed by atoms with Crippen molar-refractivity contribution in [3.05, 3.63) is 41.0 Å². The molecule has 1 aromatic rings. The van der Waals surface area contributed by atoms with Crippen LogP contribution in [0, 0.1) is 12.8 Å². The first-order valence-electron chi connectivity index (χ1n) is 9.40. The van der Waals surface area contributed by atoms with Gasteiger partial charge in [0.2, 0.25) is 0 Å². The lowest BCUT2D eigenvalue weighted by molar-refractivity contribution is 0.00578. The average Bonchev–Trinajstić information content (AvgIpc) is 2.71. The van der Waals surface area contributed by atoms with Crippen molar-refractivity contribution in [2.24, 2.45) is 5.92 Å². The summed E-state index contributed by atoms with van der Waals surface area (Å²) >= 11 is 0. The lowest BCUT2D eigenvalue weighted by Crippen LogP contribution is -2.41. The summed E-state index contributed by atoms with van der Waals surface area (Å²) in [7, 11) is -0.0838. The number of benzene rings is 1. The van der Waals surface area contributed by atoms with Crippen molar-refractivity contribution in [2.75, 3.05) is 0 Å². The minimum atomic E-state index is -0.229. The highest BCUT2D eigenvalue weighted by atomic mass is 16.7. The summed E-state index contributed by atoms with van der Waals surface area (Å²) < 4.78 is 12.5. The third-order valence-electron chi connectivity index (χ3n) is 6.00.